The van der Waals surface area contributed by atoms with E-state index in [9.17, 15) is 0 Å². The summed E-state index contributed by atoms with van der Waals surface area (Å²) in [6, 6.07) is 4.11. The molecule has 0 aromatic heterocycles. The largest absolute Gasteiger partial charge is 0.362 e. The highest BCUT2D eigenvalue weighted by molar-refractivity contribution is 9.11. The maximum absolute atomic E-state index is 5.24. The van der Waals surface area contributed by atoms with Gasteiger partial charge in [0.15, 0.2) is 5.11 Å². The first kappa shape index (κ1) is 14.9. The van der Waals surface area contributed by atoms with Gasteiger partial charge in [-0.3, -0.25) is 0 Å². The highest BCUT2D eigenvalue weighted by Crippen LogP contribution is 2.32. The first-order valence-electron chi connectivity index (χ1n) is 5.55. The van der Waals surface area contributed by atoms with Crippen molar-refractivity contribution in [1.82, 2.24) is 5.32 Å². The van der Waals surface area contributed by atoms with E-state index in [4.69, 9.17) is 12.2 Å². The van der Waals surface area contributed by atoms with Gasteiger partial charge in [-0.2, -0.15) is 0 Å². The van der Waals surface area contributed by atoms with Crippen molar-refractivity contribution in [3.63, 3.8) is 0 Å². The maximum atomic E-state index is 5.24. The number of thiocarbonyl (C=S) groups is 1. The molecule has 0 saturated carbocycles. The predicted octanol–water partition coefficient (Wildman–Crippen LogP) is 4.61. The van der Waals surface area contributed by atoms with E-state index < -0.39 is 0 Å². The number of benzene rings is 1. The predicted molar refractivity (Wildman–Crippen MR) is 85.7 cm³/mol. The summed E-state index contributed by atoms with van der Waals surface area (Å²) in [6.07, 6.45) is 2.28. The van der Waals surface area contributed by atoms with Crippen LogP contribution in [0.4, 0.5) is 5.69 Å². The molecule has 17 heavy (non-hydrogen) atoms. The standard InChI is InChI=1S/C12H16Br2N2S/c1-3-4-5-15-12(17)16-11-9(13)6-8(2)7-10(11)14/h6-7H,3-5H2,1-2H3,(H2,15,16,17). The lowest BCUT2D eigenvalue weighted by molar-refractivity contribution is 0.758. The van der Waals surface area contributed by atoms with E-state index in [1.54, 1.807) is 0 Å². The van der Waals surface area contributed by atoms with E-state index in [2.05, 4.69) is 68.5 Å². The van der Waals surface area contributed by atoms with Gasteiger partial charge in [-0.25, -0.2) is 0 Å². The Balaban J connectivity index is 2.65. The van der Waals surface area contributed by atoms with Crippen molar-refractivity contribution in [2.24, 2.45) is 0 Å². The van der Waals surface area contributed by atoms with Crippen molar-refractivity contribution in [2.75, 3.05) is 11.9 Å². The monoisotopic (exact) mass is 378 g/mol. The Kier molecular flexibility index (Phi) is 6.44. The Bertz CT molecular complexity index is 384. The fraction of sp³-hybridized carbons (Fsp3) is 0.417. The first-order valence-corrected chi connectivity index (χ1v) is 7.54. The van der Waals surface area contributed by atoms with Crippen LogP contribution in [-0.4, -0.2) is 11.7 Å². The summed E-state index contributed by atoms with van der Waals surface area (Å²) in [5, 5.41) is 7.03. The molecule has 0 radical (unpaired) electrons. The second kappa shape index (κ2) is 7.34. The average molecular weight is 380 g/mol. The van der Waals surface area contributed by atoms with Crippen LogP contribution in [0.25, 0.3) is 0 Å². The van der Waals surface area contributed by atoms with Crippen molar-refractivity contribution < 1.29 is 0 Å². The van der Waals surface area contributed by atoms with Crippen LogP contribution in [-0.2, 0) is 0 Å². The highest BCUT2D eigenvalue weighted by Gasteiger charge is 2.07. The molecule has 0 fully saturated rings. The van der Waals surface area contributed by atoms with Crippen LogP contribution >= 0.6 is 44.1 Å². The minimum absolute atomic E-state index is 0.656. The van der Waals surface area contributed by atoms with Crippen LogP contribution in [0.3, 0.4) is 0 Å². The normalized spacial score (nSPS) is 10.1. The summed E-state index contributed by atoms with van der Waals surface area (Å²) in [4.78, 5) is 0. The maximum Gasteiger partial charge on any atom is 0.170 e. The molecule has 2 N–H and O–H groups in total. The second-order valence-electron chi connectivity index (χ2n) is 3.84. The molecule has 0 aliphatic rings. The third-order valence-corrected chi connectivity index (χ3v) is 3.74. The minimum atomic E-state index is 0.656. The Morgan fingerprint density at radius 1 is 1.29 bits per heavy atom. The molecule has 0 amide bonds. The molecule has 0 bridgehead atoms. The van der Waals surface area contributed by atoms with E-state index in [0.717, 1.165) is 34.0 Å². The van der Waals surface area contributed by atoms with Crippen LogP contribution in [0.2, 0.25) is 0 Å². The smallest absolute Gasteiger partial charge is 0.170 e. The second-order valence-corrected chi connectivity index (χ2v) is 5.95. The Labute approximate surface area is 125 Å². The first-order chi connectivity index (χ1) is 8.04. The van der Waals surface area contributed by atoms with Gasteiger partial charge < -0.3 is 10.6 Å². The fourth-order valence-corrected chi connectivity index (χ4v) is 3.17. The molecule has 0 aliphatic carbocycles. The summed E-state index contributed by atoms with van der Waals surface area (Å²) in [6.45, 7) is 5.12. The van der Waals surface area contributed by atoms with E-state index in [1.165, 1.54) is 5.56 Å². The number of unbranched alkanes of at least 4 members (excludes halogenated alkanes) is 1. The third kappa shape index (κ3) is 4.94. The van der Waals surface area contributed by atoms with E-state index in [-0.39, 0.29) is 0 Å². The average Bonchev–Trinajstić information content (AvgIpc) is 2.24. The van der Waals surface area contributed by atoms with Crippen LogP contribution in [0.15, 0.2) is 21.1 Å². The molecule has 0 heterocycles. The molecule has 0 atom stereocenters. The molecule has 2 nitrogen and oxygen atoms in total. The number of halogens is 2. The van der Waals surface area contributed by atoms with Crippen molar-refractivity contribution >= 4 is 54.9 Å². The molecule has 1 aromatic rings. The molecule has 1 aromatic carbocycles. The molecule has 94 valence electrons. The van der Waals surface area contributed by atoms with E-state index >= 15 is 0 Å². The topological polar surface area (TPSA) is 24.1 Å². The molecule has 0 unspecified atom stereocenters. The van der Waals surface area contributed by atoms with Crippen molar-refractivity contribution in [1.29, 1.82) is 0 Å². The van der Waals surface area contributed by atoms with Crippen LogP contribution < -0.4 is 10.6 Å². The van der Waals surface area contributed by atoms with Gasteiger partial charge >= 0.3 is 0 Å². The number of aryl methyl sites for hydroxylation is 1. The van der Waals surface area contributed by atoms with Gasteiger partial charge in [0.25, 0.3) is 0 Å². The van der Waals surface area contributed by atoms with Crippen LogP contribution in [0.1, 0.15) is 25.3 Å². The number of nitrogens with one attached hydrogen (secondary N) is 2. The zero-order valence-corrected chi connectivity index (χ0v) is 13.9. The van der Waals surface area contributed by atoms with Gasteiger partial charge in [-0.05, 0) is 75.1 Å². The van der Waals surface area contributed by atoms with E-state index in [0.29, 0.717) is 5.11 Å². The number of hydrogen-bond acceptors (Lipinski definition) is 1. The lowest BCUT2D eigenvalue weighted by Crippen LogP contribution is -2.29. The van der Waals surface area contributed by atoms with Gasteiger partial charge in [-0.15, -0.1) is 0 Å². The van der Waals surface area contributed by atoms with Gasteiger partial charge in [0.2, 0.25) is 0 Å². The molecule has 1 rings (SSSR count). The number of anilines is 1. The number of rotatable bonds is 4. The Hall–Kier alpha value is -0.130. The van der Waals surface area contributed by atoms with Gasteiger partial charge in [-0.1, -0.05) is 13.3 Å². The molecule has 0 spiro atoms. The van der Waals surface area contributed by atoms with Gasteiger partial charge in [0.05, 0.1) is 5.69 Å². The quantitative estimate of drug-likeness (QED) is 0.590. The lowest BCUT2D eigenvalue weighted by Gasteiger charge is -2.13. The highest BCUT2D eigenvalue weighted by atomic mass is 79.9. The summed E-state index contributed by atoms with van der Waals surface area (Å²) in [7, 11) is 0. The van der Waals surface area contributed by atoms with Gasteiger partial charge in [0, 0.05) is 15.5 Å². The van der Waals surface area contributed by atoms with Crippen LogP contribution in [0.5, 0.6) is 0 Å². The molecular formula is C12H16Br2N2S. The summed E-state index contributed by atoms with van der Waals surface area (Å²) >= 11 is 12.3. The minimum Gasteiger partial charge on any atom is -0.362 e. The summed E-state index contributed by atoms with van der Waals surface area (Å²) in [5.41, 5.74) is 2.16. The fourth-order valence-electron chi connectivity index (χ4n) is 1.36. The van der Waals surface area contributed by atoms with Crippen molar-refractivity contribution in [3.8, 4) is 0 Å². The molecule has 0 aliphatic heterocycles. The SMILES string of the molecule is CCCCNC(=S)Nc1c(Br)cc(C)cc1Br. The zero-order chi connectivity index (χ0) is 12.8. The lowest BCUT2D eigenvalue weighted by atomic mass is 10.2. The number of hydrogen-bond donors (Lipinski definition) is 2. The third-order valence-electron chi connectivity index (χ3n) is 2.24. The Morgan fingerprint density at radius 3 is 2.41 bits per heavy atom. The molecule has 0 saturated heterocycles. The van der Waals surface area contributed by atoms with Crippen LogP contribution in [0, 0.1) is 6.92 Å². The van der Waals surface area contributed by atoms with Crippen molar-refractivity contribution in [2.45, 2.75) is 26.7 Å². The van der Waals surface area contributed by atoms with Crippen molar-refractivity contribution in [3.05, 3.63) is 26.6 Å². The molecular weight excluding hydrogens is 364 g/mol. The Morgan fingerprint density at radius 2 is 1.88 bits per heavy atom. The summed E-state index contributed by atoms with van der Waals surface area (Å²) in [5.74, 6) is 0. The zero-order valence-electron chi connectivity index (χ0n) is 9.94. The molecule has 5 heteroatoms. The summed E-state index contributed by atoms with van der Waals surface area (Å²) < 4.78 is 2.01. The van der Waals surface area contributed by atoms with Gasteiger partial charge in [0.1, 0.15) is 0 Å². The van der Waals surface area contributed by atoms with E-state index in [1.807, 2.05) is 0 Å².